The van der Waals surface area contributed by atoms with Gasteiger partial charge in [0.1, 0.15) is 0 Å². The van der Waals surface area contributed by atoms with Gasteiger partial charge < -0.3 is 0 Å². The van der Waals surface area contributed by atoms with Gasteiger partial charge in [0.25, 0.3) is 0 Å². The van der Waals surface area contributed by atoms with Crippen LogP contribution in [0, 0.1) is 20.8 Å². The fourth-order valence-corrected chi connectivity index (χ4v) is 3.07. The molecule has 18 heavy (non-hydrogen) atoms. The number of rotatable bonds is 0. The lowest BCUT2D eigenvalue weighted by molar-refractivity contribution is 0.948. The summed E-state index contributed by atoms with van der Waals surface area (Å²) in [6.45, 7) is 6.68. The van der Waals surface area contributed by atoms with Crippen LogP contribution in [0.25, 0.3) is 0 Å². The molecule has 0 N–H and O–H groups in total. The summed E-state index contributed by atoms with van der Waals surface area (Å²) in [4.78, 5) is 0. The highest BCUT2D eigenvalue weighted by molar-refractivity contribution is 5.46. The van der Waals surface area contributed by atoms with E-state index in [0.717, 1.165) is 6.42 Å². The van der Waals surface area contributed by atoms with E-state index in [-0.39, 0.29) is 0 Å². The summed E-state index contributed by atoms with van der Waals surface area (Å²) in [6.07, 6.45) is 3.49. The summed E-state index contributed by atoms with van der Waals surface area (Å²) < 4.78 is 0. The smallest absolute Gasteiger partial charge is 0.00202 e. The van der Waals surface area contributed by atoms with Gasteiger partial charge >= 0.3 is 0 Å². The van der Waals surface area contributed by atoms with Crippen molar-refractivity contribution in [3.8, 4) is 0 Å². The molecular weight excluding hydrogens is 216 g/mol. The van der Waals surface area contributed by atoms with Crippen molar-refractivity contribution in [3.63, 3.8) is 0 Å². The number of aryl methyl sites for hydroxylation is 3. The third-order valence-electron chi connectivity index (χ3n) is 4.35. The predicted octanol–water partition coefficient (Wildman–Crippen LogP) is 4.30. The van der Waals surface area contributed by atoms with E-state index in [9.17, 15) is 0 Å². The standard InChI is InChI=1S/C18H20/c1-12-4-6-16-11-17-7-5-13(2)14(3)18(17)9-8-15(16)10-12/h4-7,10H,8-9,11H2,1-3H3. The van der Waals surface area contributed by atoms with Crippen molar-refractivity contribution in [1.29, 1.82) is 0 Å². The first-order valence-corrected chi connectivity index (χ1v) is 6.81. The molecule has 0 aromatic heterocycles. The van der Waals surface area contributed by atoms with E-state index in [1.807, 2.05) is 0 Å². The van der Waals surface area contributed by atoms with Crippen LogP contribution in [0.15, 0.2) is 30.3 Å². The van der Waals surface area contributed by atoms with Crippen molar-refractivity contribution < 1.29 is 0 Å². The molecule has 92 valence electrons. The molecule has 2 aromatic rings. The topological polar surface area (TPSA) is 0 Å². The van der Waals surface area contributed by atoms with Crippen LogP contribution in [0.2, 0.25) is 0 Å². The van der Waals surface area contributed by atoms with Gasteiger partial charge in [0.2, 0.25) is 0 Å². The molecule has 0 nitrogen and oxygen atoms in total. The van der Waals surface area contributed by atoms with Crippen LogP contribution in [-0.2, 0) is 19.3 Å². The monoisotopic (exact) mass is 236 g/mol. The molecule has 3 rings (SSSR count). The Labute approximate surface area is 110 Å². The van der Waals surface area contributed by atoms with Gasteiger partial charge in [-0.25, -0.2) is 0 Å². The van der Waals surface area contributed by atoms with Crippen molar-refractivity contribution >= 4 is 0 Å². The second-order valence-electron chi connectivity index (χ2n) is 5.59. The average molecular weight is 236 g/mol. The van der Waals surface area contributed by atoms with E-state index in [0.29, 0.717) is 0 Å². The van der Waals surface area contributed by atoms with E-state index >= 15 is 0 Å². The third kappa shape index (κ3) is 1.86. The van der Waals surface area contributed by atoms with Crippen LogP contribution in [0.4, 0.5) is 0 Å². The molecule has 0 heteroatoms. The molecule has 1 aliphatic carbocycles. The van der Waals surface area contributed by atoms with Gasteiger partial charge in [-0.05, 0) is 73.4 Å². The summed E-state index contributed by atoms with van der Waals surface area (Å²) in [5, 5.41) is 0. The Hall–Kier alpha value is -1.56. The summed E-state index contributed by atoms with van der Waals surface area (Å²) in [7, 11) is 0. The minimum Gasteiger partial charge on any atom is -0.0590 e. The van der Waals surface area contributed by atoms with Gasteiger partial charge in [0.05, 0.1) is 0 Å². The SMILES string of the molecule is Cc1ccc2c(c1)CCc1c(ccc(C)c1C)C2. The van der Waals surface area contributed by atoms with Crippen LogP contribution in [0.5, 0.6) is 0 Å². The Morgan fingerprint density at radius 3 is 2.39 bits per heavy atom. The quantitative estimate of drug-likeness (QED) is 0.639. The van der Waals surface area contributed by atoms with Gasteiger partial charge in [-0.15, -0.1) is 0 Å². The number of benzene rings is 2. The second-order valence-corrected chi connectivity index (χ2v) is 5.59. The molecule has 0 heterocycles. The van der Waals surface area contributed by atoms with E-state index in [1.165, 1.54) is 40.7 Å². The van der Waals surface area contributed by atoms with Crippen molar-refractivity contribution in [2.45, 2.75) is 40.0 Å². The Balaban J connectivity index is 2.11. The predicted molar refractivity (Wildman–Crippen MR) is 77.3 cm³/mol. The van der Waals surface area contributed by atoms with Crippen LogP contribution < -0.4 is 0 Å². The zero-order valence-electron chi connectivity index (χ0n) is 11.5. The van der Waals surface area contributed by atoms with Crippen molar-refractivity contribution in [2.24, 2.45) is 0 Å². The molecule has 0 spiro atoms. The first-order valence-electron chi connectivity index (χ1n) is 6.81. The maximum atomic E-state index is 2.36. The van der Waals surface area contributed by atoms with E-state index in [1.54, 1.807) is 11.1 Å². The van der Waals surface area contributed by atoms with Gasteiger partial charge in [0.15, 0.2) is 0 Å². The molecule has 0 bridgehead atoms. The maximum absolute atomic E-state index is 2.36. The highest BCUT2D eigenvalue weighted by Gasteiger charge is 2.15. The lowest BCUT2D eigenvalue weighted by atomic mass is 9.94. The van der Waals surface area contributed by atoms with Gasteiger partial charge in [-0.1, -0.05) is 35.9 Å². The zero-order valence-corrected chi connectivity index (χ0v) is 11.5. The molecule has 0 atom stereocenters. The molecule has 0 aliphatic heterocycles. The summed E-state index contributed by atoms with van der Waals surface area (Å²) in [5.41, 5.74) is 10.5. The molecule has 0 unspecified atom stereocenters. The van der Waals surface area contributed by atoms with Crippen molar-refractivity contribution in [2.75, 3.05) is 0 Å². The minimum atomic E-state index is 1.10. The highest BCUT2D eigenvalue weighted by atomic mass is 14.2. The van der Waals surface area contributed by atoms with E-state index in [4.69, 9.17) is 0 Å². The zero-order chi connectivity index (χ0) is 12.7. The lowest BCUT2D eigenvalue weighted by Crippen LogP contribution is -1.98. The van der Waals surface area contributed by atoms with Gasteiger partial charge in [-0.2, -0.15) is 0 Å². The number of hydrogen-bond acceptors (Lipinski definition) is 0. The molecule has 2 aromatic carbocycles. The Morgan fingerprint density at radius 2 is 1.56 bits per heavy atom. The molecule has 0 radical (unpaired) electrons. The Morgan fingerprint density at radius 1 is 0.778 bits per heavy atom. The Bertz CT molecular complexity index is 606. The summed E-state index contributed by atoms with van der Waals surface area (Å²) >= 11 is 0. The van der Waals surface area contributed by atoms with E-state index < -0.39 is 0 Å². The van der Waals surface area contributed by atoms with Crippen LogP contribution in [0.1, 0.15) is 38.9 Å². The largest absolute Gasteiger partial charge is 0.0590 e. The summed E-state index contributed by atoms with van der Waals surface area (Å²) in [6, 6.07) is 11.5. The number of hydrogen-bond donors (Lipinski definition) is 0. The van der Waals surface area contributed by atoms with Gasteiger partial charge in [-0.3, -0.25) is 0 Å². The average Bonchev–Trinajstić information content (AvgIpc) is 2.53. The first kappa shape index (κ1) is 11.5. The van der Waals surface area contributed by atoms with Crippen LogP contribution in [-0.4, -0.2) is 0 Å². The summed E-state index contributed by atoms with van der Waals surface area (Å²) in [5.74, 6) is 0. The molecular formula is C18H20. The first-order chi connectivity index (χ1) is 8.65. The molecule has 0 amide bonds. The molecule has 0 fully saturated rings. The third-order valence-corrected chi connectivity index (χ3v) is 4.35. The fraction of sp³-hybridized carbons (Fsp3) is 0.333. The lowest BCUT2D eigenvalue weighted by Gasteiger charge is -2.11. The Kier molecular flexibility index (Phi) is 2.74. The van der Waals surface area contributed by atoms with E-state index in [2.05, 4.69) is 51.1 Å². The minimum absolute atomic E-state index is 1.10. The maximum Gasteiger partial charge on any atom is -0.00202 e. The van der Waals surface area contributed by atoms with Crippen LogP contribution >= 0.6 is 0 Å². The number of fused-ring (bicyclic) bond motifs is 2. The second kappa shape index (κ2) is 4.28. The van der Waals surface area contributed by atoms with Crippen molar-refractivity contribution in [1.82, 2.24) is 0 Å². The van der Waals surface area contributed by atoms with Gasteiger partial charge in [0, 0.05) is 0 Å². The molecule has 0 saturated carbocycles. The molecule has 1 aliphatic rings. The van der Waals surface area contributed by atoms with Crippen molar-refractivity contribution in [3.05, 3.63) is 69.3 Å². The molecule has 0 saturated heterocycles. The fourth-order valence-electron chi connectivity index (χ4n) is 3.07. The normalized spacial score (nSPS) is 13.7. The highest BCUT2D eigenvalue weighted by Crippen LogP contribution is 2.28. The van der Waals surface area contributed by atoms with Crippen LogP contribution in [0.3, 0.4) is 0 Å².